The lowest BCUT2D eigenvalue weighted by molar-refractivity contribution is 0.274. The second kappa shape index (κ2) is 2.81. The van der Waals surface area contributed by atoms with E-state index in [1.54, 1.807) is 7.05 Å². The Labute approximate surface area is 71.0 Å². The number of aryl methyl sites for hydroxylation is 2. The summed E-state index contributed by atoms with van der Waals surface area (Å²) in [6.07, 6.45) is 5.33. The average molecular weight is 167 g/mol. The van der Waals surface area contributed by atoms with Crippen molar-refractivity contribution in [1.82, 2.24) is 4.74 Å². The number of aromatic nitrogens is 1. The molecule has 66 valence electrons. The Morgan fingerprint density at radius 1 is 1.25 bits per heavy atom. The average Bonchev–Trinajstić information content (AvgIpc) is 2.30. The predicted molar refractivity (Wildman–Crippen MR) is 45.2 cm³/mol. The summed E-state index contributed by atoms with van der Waals surface area (Å²) < 4.78 is 6.66. The Bertz CT molecular complexity index is 335. The molecule has 0 saturated heterocycles. The highest BCUT2D eigenvalue weighted by atomic mass is 16.5. The Balaban J connectivity index is 2.49. The van der Waals surface area contributed by atoms with Crippen molar-refractivity contribution < 1.29 is 4.52 Å². The highest BCUT2D eigenvalue weighted by Crippen LogP contribution is 2.17. The lowest BCUT2D eigenvalue weighted by atomic mass is 10.2. The topological polar surface area (TPSA) is 35.1 Å². The summed E-state index contributed by atoms with van der Waals surface area (Å²) in [7, 11) is 1.68. The van der Waals surface area contributed by atoms with Crippen LogP contribution in [0.4, 0.5) is 0 Å². The van der Waals surface area contributed by atoms with Crippen molar-refractivity contribution in [3.8, 4) is 0 Å². The molecule has 3 heteroatoms. The van der Waals surface area contributed by atoms with Gasteiger partial charge in [0.25, 0.3) is 5.56 Å². The molecule has 0 aliphatic heterocycles. The molecule has 3 nitrogen and oxygen atoms in total. The molecule has 0 spiro atoms. The van der Waals surface area contributed by atoms with Crippen LogP contribution in [0.2, 0.25) is 0 Å². The molecule has 2 rings (SSSR count). The molecule has 1 aromatic heterocycles. The maximum absolute atomic E-state index is 11.4. The zero-order valence-electron chi connectivity index (χ0n) is 7.30. The van der Waals surface area contributed by atoms with Crippen LogP contribution in [0.5, 0.6) is 0 Å². The molecule has 0 atom stereocenters. The summed E-state index contributed by atoms with van der Waals surface area (Å²) in [5.74, 6) is 0.917. The van der Waals surface area contributed by atoms with Crippen molar-refractivity contribution >= 4 is 0 Å². The Kier molecular flexibility index (Phi) is 1.79. The summed E-state index contributed by atoms with van der Waals surface area (Å²) >= 11 is 0. The molecule has 0 aromatic carbocycles. The first-order chi connectivity index (χ1) is 5.79. The minimum absolute atomic E-state index is 0.0619. The van der Waals surface area contributed by atoms with E-state index in [-0.39, 0.29) is 5.56 Å². The van der Waals surface area contributed by atoms with Crippen LogP contribution in [0.3, 0.4) is 0 Å². The normalized spacial score (nSPS) is 17.1. The maximum atomic E-state index is 11.4. The van der Waals surface area contributed by atoms with E-state index in [2.05, 4.69) is 0 Å². The molecule has 0 fully saturated rings. The third kappa shape index (κ3) is 1.09. The first-order valence-corrected chi connectivity index (χ1v) is 4.47. The molecule has 1 aliphatic carbocycles. The molecule has 0 amide bonds. The molecule has 1 aliphatic rings. The second-order valence-electron chi connectivity index (χ2n) is 3.36. The first-order valence-electron chi connectivity index (χ1n) is 4.47. The molecule has 0 radical (unpaired) electrons. The van der Waals surface area contributed by atoms with Gasteiger partial charge in [0.2, 0.25) is 0 Å². The molecule has 1 heterocycles. The first kappa shape index (κ1) is 7.65. The van der Waals surface area contributed by atoms with Crippen molar-refractivity contribution in [1.29, 1.82) is 0 Å². The number of hydrogen-bond acceptors (Lipinski definition) is 2. The summed E-state index contributed by atoms with van der Waals surface area (Å²) in [4.78, 5) is 11.4. The van der Waals surface area contributed by atoms with Crippen LogP contribution in [0.1, 0.15) is 30.6 Å². The standard InChI is InChI=1S/C9H13NO2/c1-10-9(11)7-5-3-2-4-6-8(7)12-10/h2-6H2,1H3. The lowest BCUT2D eigenvalue weighted by Crippen LogP contribution is -2.13. The highest BCUT2D eigenvalue weighted by Gasteiger charge is 2.16. The number of fused-ring (bicyclic) bond motifs is 1. The zero-order chi connectivity index (χ0) is 8.55. The monoisotopic (exact) mass is 167 g/mol. The van der Waals surface area contributed by atoms with Gasteiger partial charge in [0.15, 0.2) is 0 Å². The summed E-state index contributed by atoms with van der Waals surface area (Å²) in [5.41, 5.74) is 0.974. The van der Waals surface area contributed by atoms with Gasteiger partial charge in [-0.15, -0.1) is 0 Å². The lowest BCUT2D eigenvalue weighted by Gasteiger charge is -1.90. The summed E-state index contributed by atoms with van der Waals surface area (Å²) in [5, 5.41) is 0. The molecule has 0 unspecified atom stereocenters. The van der Waals surface area contributed by atoms with E-state index >= 15 is 0 Å². The van der Waals surface area contributed by atoms with Crippen LogP contribution >= 0.6 is 0 Å². The number of rotatable bonds is 0. The van der Waals surface area contributed by atoms with Crippen molar-refractivity contribution in [2.75, 3.05) is 0 Å². The Hall–Kier alpha value is -0.990. The highest BCUT2D eigenvalue weighted by molar-refractivity contribution is 5.15. The summed E-state index contributed by atoms with van der Waals surface area (Å²) in [6, 6.07) is 0. The predicted octanol–water partition coefficient (Wildman–Crippen LogP) is 1.25. The van der Waals surface area contributed by atoms with E-state index in [0.717, 1.165) is 37.0 Å². The molecule has 1 aromatic rings. The van der Waals surface area contributed by atoms with Crippen LogP contribution in [0.25, 0.3) is 0 Å². The molecular weight excluding hydrogens is 154 g/mol. The SMILES string of the molecule is Cn1oc2c(c1=O)CCCCC2. The fraction of sp³-hybridized carbons (Fsp3) is 0.667. The molecule has 0 bridgehead atoms. The largest absolute Gasteiger partial charge is 0.381 e. The van der Waals surface area contributed by atoms with Gasteiger partial charge in [0.05, 0.1) is 5.56 Å². The van der Waals surface area contributed by atoms with E-state index in [1.165, 1.54) is 11.2 Å². The smallest absolute Gasteiger partial charge is 0.285 e. The fourth-order valence-corrected chi connectivity index (χ4v) is 1.78. The second-order valence-corrected chi connectivity index (χ2v) is 3.36. The van der Waals surface area contributed by atoms with Gasteiger partial charge < -0.3 is 4.52 Å². The van der Waals surface area contributed by atoms with Crippen LogP contribution < -0.4 is 5.56 Å². The minimum Gasteiger partial charge on any atom is -0.381 e. The third-order valence-electron chi connectivity index (χ3n) is 2.46. The molecular formula is C9H13NO2. The van der Waals surface area contributed by atoms with Crippen LogP contribution in [-0.4, -0.2) is 4.74 Å². The van der Waals surface area contributed by atoms with Gasteiger partial charge >= 0.3 is 0 Å². The van der Waals surface area contributed by atoms with E-state index in [1.807, 2.05) is 0 Å². The van der Waals surface area contributed by atoms with Crippen molar-refractivity contribution in [3.05, 3.63) is 21.7 Å². The van der Waals surface area contributed by atoms with Crippen LogP contribution in [-0.2, 0) is 19.9 Å². The van der Waals surface area contributed by atoms with Gasteiger partial charge in [-0.1, -0.05) is 6.42 Å². The number of hydrogen-bond donors (Lipinski definition) is 0. The molecule has 0 N–H and O–H groups in total. The van der Waals surface area contributed by atoms with Crippen molar-refractivity contribution in [3.63, 3.8) is 0 Å². The van der Waals surface area contributed by atoms with Gasteiger partial charge in [-0.25, -0.2) is 0 Å². The molecule has 0 saturated carbocycles. The van der Waals surface area contributed by atoms with Gasteiger partial charge in [0.1, 0.15) is 5.76 Å². The van der Waals surface area contributed by atoms with Gasteiger partial charge in [-0.2, -0.15) is 4.74 Å². The van der Waals surface area contributed by atoms with E-state index in [9.17, 15) is 4.79 Å². The Morgan fingerprint density at radius 3 is 2.83 bits per heavy atom. The van der Waals surface area contributed by atoms with E-state index < -0.39 is 0 Å². The van der Waals surface area contributed by atoms with Crippen molar-refractivity contribution in [2.24, 2.45) is 7.05 Å². The van der Waals surface area contributed by atoms with Crippen molar-refractivity contribution in [2.45, 2.75) is 32.1 Å². The van der Waals surface area contributed by atoms with Gasteiger partial charge in [-0.05, 0) is 19.3 Å². The maximum Gasteiger partial charge on any atom is 0.285 e. The Morgan fingerprint density at radius 2 is 2.00 bits per heavy atom. The summed E-state index contributed by atoms with van der Waals surface area (Å²) in [6.45, 7) is 0. The molecule has 12 heavy (non-hydrogen) atoms. The minimum atomic E-state index is 0.0619. The third-order valence-corrected chi connectivity index (χ3v) is 2.46. The fourth-order valence-electron chi connectivity index (χ4n) is 1.78. The van der Waals surface area contributed by atoms with E-state index in [0.29, 0.717) is 0 Å². The van der Waals surface area contributed by atoms with Crippen LogP contribution in [0, 0.1) is 0 Å². The van der Waals surface area contributed by atoms with Gasteiger partial charge in [0, 0.05) is 13.5 Å². The van der Waals surface area contributed by atoms with Crippen LogP contribution in [0.15, 0.2) is 9.32 Å². The quantitative estimate of drug-likeness (QED) is 0.545. The zero-order valence-corrected chi connectivity index (χ0v) is 7.30. The number of nitrogens with zero attached hydrogens (tertiary/aromatic N) is 1. The van der Waals surface area contributed by atoms with Gasteiger partial charge in [-0.3, -0.25) is 4.79 Å². The van der Waals surface area contributed by atoms with E-state index in [4.69, 9.17) is 4.52 Å².